The molecule has 0 bridgehead atoms. The van der Waals surface area contributed by atoms with Crippen molar-refractivity contribution < 1.29 is 9.22 Å². The van der Waals surface area contributed by atoms with Crippen molar-refractivity contribution in [3.05, 3.63) is 28.2 Å². The number of rotatable bonds is 3. The largest absolute Gasteiger partial charge is 0.543 e. The first-order chi connectivity index (χ1) is 7.69. The van der Waals surface area contributed by atoms with Gasteiger partial charge in [-0.3, -0.25) is 4.79 Å². The molecule has 2 nitrogen and oxygen atoms in total. The summed E-state index contributed by atoms with van der Waals surface area (Å²) in [6.07, 6.45) is 0.840. The molecule has 0 radical (unpaired) electrons. The summed E-state index contributed by atoms with van der Waals surface area (Å²) in [5.41, 5.74) is 0.595. The summed E-state index contributed by atoms with van der Waals surface area (Å²) in [5.74, 6) is 0.681. The summed E-state index contributed by atoms with van der Waals surface area (Å²) < 4.78 is 6.93. The summed E-state index contributed by atoms with van der Waals surface area (Å²) in [6.45, 7) is 10.9. The summed E-state index contributed by atoms with van der Waals surface area (Å²) in [5, 5.41) is 0.121. The lowest BCUT2D eigenvalue weighted by molar-refractivity contribution is 0.112. The van der Waals surface area contributed by atoms with Crippen LogP contribution in [0.25, 0.3) is 0 Å². The molecule has 0 heterocycles. The molecule has 0 aliphatic carbocycles. The van der Waals surface area contributed by atoms with Gasteiger partial charge in [0.1, 0.15) is 5.75 Å². The summed E-state index contributed by atoms with van der Waals surface area (Å²) >= 11 is 3.37. The Labute approximate surface area is 113 Å². The van der Waals surface area contributed by atoms with E-state index in [-0.39, 0.29) is 5.04 Å². The summed E-state index contributed by atoms with van der Waals surface area (Å²) in [4.78, 5) is 11.1. The maximum atomic E-state index is 11.1. The van der Waals surface area contributed by atoms with Crippen molar-refractivity contribution in [2.45, 2.75) is 38.9 Å². The molecule has 0 aliphatic heterocycles. The van der Waals surface area contributed by atoms with Gasteiger partial charge in [0, 0.05) is 4.47 Å². The quantitative estimate of drug-likeness (QED) is 0.600. The SMILES string of the molecule is CC(C)(C)[Si](C)(C)Oc1cccc(Br)c1C=O. The van der Waals surface area contributed by atoms with Crippen molar-refractivity contribution in [3.8, 4) is 5.75 Å². The molecule has 0 saturated heterocycles. The minimum atomic E-state index is -1.90. The Balaban J connectivity index is 3.12. The topological polar surface area (TPSA) is 26.3 Å². The molecule has 0 fully saturated rings. The van der Waals surface area contributed by atoms with Gasteiger partial charge in [-0.1, -0.05) is 26.8 Å². The van der Waals surface area contributed by atoms with Crippen LogP contribution in [0.4, 0.5) is 0 Å². The third-order valence-corrected chi connectivity index (χ3v) is 8.34. The highest BCUT2D eigenvalue weighted by Crippen LogP contribution is 2.38. The molecule has 0 aliphatic rings. The van der Waals surface area contributed by atoms with Crippen molar-refractivity contribution in [1.29, 1.82) is 0 Å². The third-order valence-electron chi connectivity index (χ3n) is 3.30. The van der Waals surface area contributed by atoms with Crippen LogP contribution in [0.3, 0.4) is 0 Å². The lowest BCUT2D eigenvalue weighted by atomic mass is 10.2. The standard InChI is InChI=1S/C13H19BrO2Si/c1-13(2,3)17(4,5)16-12-8-6-7-11(14)10(12)9-15/h6-9H,1-5H3. The molecule has 0 aromatic heterocycles. The van der Waals surface area contributed by atoms with Gasteiger partial charge in [0.15, 0.2) is 6.29 Å². The lowest BCUT2D eigenvalue weighted by Crippen LogP contribution is -2.44. The highest BCUT2D eigenvalue weighted by molar-refractivity contribution is 9.10. The van der Waals surface area contributed by atoms with E-state index in [1.54, 1.807) is 0 Å². The second-order valence-corrected chi connectivity index (χ2v) is 11.2. The Morgan fingerprint density at radius 2 is 1.88 bits per heavy atom. The number of halogens is 1. The Bertz CT molecular complexity index is 422. The molecule has 94 valence electrons. The minimum absolute atomic E-state index is 0.121. The highest BCUT2D eigenvalue weighted by atomic mass is 79.9. The van der Waals surface area contributed by atoms with Gasteiger partial charge in [-0.25, -0.2) is 0 Å². The van der Waals surface area contributed by atoms with Gasteiger partial charge < -0.3 is 4.43 Å². The van der Waals surface area contributed by atoms with Gasteiger partial charge in [0.25, 0.3) is 8.32 Å². The fourth-order valence-electron chi connectivity index (χ4n) is 1.15. The van der Waals surface area contributed by atoms with Gasteiger partial charge >= 0.3 is 0 Å². The zero-order valence-corrected chi connectivity index (χ0v) is 13.6. The molecule has 0 saturated carbocycles. The van der Waals surface area contributed by atoms with Crippen LogP contribution in [0.1, 0.15) is 31.1 Å². The number of carbonyl (C=O) groups is 1. The normalized spacial score (nSPS) is 12.4. The van der Waals surface area contributed by atoms with Crippen LogP contribution in [-0.4, -0.2) is 14.6 Å². The molecular weight excluding hydrogens is 296 g/mol. The van der Waals surface area contributed by atoms with Gasteiger partial charge in [-0.2, -0.15) is 0 Å². The van der Waals surface area contributed by atoms with Gasteiger partial charge in [0.05, 0.1) is 5.56 Å². The smallest absolute Gasteiger partial charge is 0.250 e. The van der Waals surface area contributed by atoms with Crippen LogP contribution < -0.4 is 4.43 Å². The predicted molar refractivity (Wildman–Crippen MR) is 77.4 cm³/mol. The number of benzene rings is 1. The van der Waals surface area contributed by atoms with E-state index in [2.05, 4.69) is 49.8 Å². The minimum Gasteiger partial charge on any atom is -0.543 e. The number of hydrogen-bond donors (Lipinski definition) is 0. The maximum Gasteiger partial charge on any atom is 0.250 e. The molecule has 17 heavy (non-hydrogen) atoms. The molecule has 4 heteroatoms. The van der Waals surface area contributed by atoms with Gasteiger partial charge in [-0.15, -0.1) is 0 Å². The lowest BCUT2D eigenvalue weighted by Gasteiger charge is -2.36. The molecule has 0 atom stereocenters. The van der Waals surface area contributed by atoms with Crippen LogP contribution in [0, 0.1) is 0 Å². The third kappa shape index (κ3) is 3.19. The maximum absolute atomic E-state index is 11.1. The monoisotopic (exact) mass is 314 g/mol. The van der Waals surface area contributed by atoms with E-state index < -0.39 is 8.32 Å². The van der Waals surface area contributed by atoms with Crippen molar-refractivity contribution in [1.82, 2.24) is 0 Å². The van der Waals surface area contributed by atoms with E-state index >= 15 is 0 Å². The number of hydrogen-bond acceptors (Lipinski definition) is 2. The molecule has 1 aromatic carbocycles. The Morgan fingerprint density at radius 3 is 2.35 bits per heavy atom. The zero-order chi connectivity index (χ0) is 13.3. The fraction of sp³-hybridized carbons (Fsp3) is 0.462. The first kappa shape index (κ1) is 14.4. The average Bonchev–Trinajstić information content (AvgIpc) is 2.15. The first-order valence-corrected chi connectivity index (χ1v) is 9.32. The summed E-state index contributed by atoms with van der Waals surface area (Å²) in [7, 11) is -1.90. The second kappa shape index (κ2) is 4.94. The van der Waals surface area contributed by atoms with E-state index in [0.29, 0.717) is 11.3 Å². The van der Waals surface area contributed by atoms with Crippen LogP contribution in [0.2, 0.25) is 18.1 Å². The fourth-order valence-corrected chi connectivity index (χ4v) is 2.62. The van der Waals surface area contributed by atoms with Gasteiger partial charge in [0.2, 0.25) is 0 Å². The number of aldehydes is 1. The van der Waals surface area contributed by atoms with E-state index in [1.165, 1.54) is 0 Å². The molecule has 0 unspecified atom stereocenters. The van der Waals surface area contributed by atoms with Crippen LogP contribution >= 0.6 is 15.9 Å². The van der Waals surface area contributed by atoms with E-state index in [4.69, 9.17) is 4.43 Å². The Hall–Kier alpha value is -0.613. The first-order valence-electron chi connectivity index (χ1n) is 5.62. The van der Waals surface area contributed by atoms with E-state index in [9.17, 15) is 4.79 Å². The van der Waals surface area contributed by atoms with Gasteiger partial charge in [-0.05, 0) is 46.2 Å². The molecule has 0 spiro atoms. The zero-order valence-electron chi connectivity index (χ0n) is 11.0. The van der Waals surface area contributed by atoms with E-state index in [0.717, 1.165) is 10.8 Å². The average molecular weight is 315 g/mol. The molecule has 0 amide bonds. The second-order valence-electron chi connectivity index (χ2n) is 5.63. The van der Waals surface area contributed by atoms with Crippen molar-refractivity contribution >= 4 is 30.5 Å². The Morgan fingerprint density at radius 1 is 1.29 bits per heavy atom. The van der Waals surface area contributed by atoms with Crippen molar-refractivity contribution in [2.75, 3.05) is 0 Å². The molecule has 1 rings (SSSR count). The molecule has 0 N–H and O–H groups in total. The van der Waals surface area contributed by atoms with E-state index in [1.807, 2.05) is 18.2 Å². The highest BCUT2D eigenvalue weighted by Gasteiger charge is 2.39. The van der Waals surface area contributed by atoms with Crippen molar-refractivity contribution in [3.63, 3.8) is 0 Å². The van der Waals surface area contributed by atoms with Crippen LogP contribution in [-0.2, 0) is 0 Å². The van der Waals surface area contributed by atoms with Crippen molar-refractivity contribution in [2.24, 2.45) is 0 Å². The summed E-state index contributed by atoms with van der Waals surface area (Å²) in [6, 6.07) is 5.59. The van der Waals surface area contributed by atoms with Crippen LogP contribution in [0.15, 0.2) is 22.7 Å². The molecule has 1 aromatic rings. The Kier molecular flexibility index (Phi) is 4.20. The molecular formula is C13H19BrO2Si. The predicted octanol–water partition coefficient (Wildman–Crippen LogP) is 4.65. The number of carbonyl (C=O) groups excluding carboxylic acids is 1. The van der Waals surface area contributed by atoms with Crippen LogP contribution in [0.5, 0.6) is 5.75 Å².